The minimum Gasteiger partial charge on any atom is -0.385 e. The van der Waals surface area contributed by atoms with Gasteiger partial charge in [0.2, 0.25) is 0 Å². The molecule has 0 aliphatic heterocycles. The fourth-order valence-corrected chi connectivity index (χ4v) is 8.89. The molecule has 4 N–H and O–H groups in total. The Morgan fingerprint density at radius 3 is 2.42 bits per heavy atom. The molecule has 3 bridgehead atoms. The first-order chi connectivity index (χ1) is 15.1. The lowest BCUT2D eigenvalue weighted by Crippen LogP contribution is -2.49. The Labute approximate surface area is 187 Å². The van der Waals surface area contributed by atoms with E-state index < -0.39 is 0 Å². The fourth-order valence-electron chi connectivity index (χ4n) is 8.89. The number of hydrogen-bond donors (Lipinski definition) is 3. The highest BCUT2D eigenvalue weighted by molar-refractivity contribution is 6.45. The van der Waals surface area contributed by atoms with E-state index in [4.69, 9.17) is 5.73 Å². The third-order valence-corrected chi connectivity index (χ3v) is 10.3. The third-order valence-electron chi connectivity index (χ3n) is 10.3. The minimum atomic E-state index is 0.0551. The van der Waals surface area contributed by atoms with Gasteiger partial charge in [-0.25, -0.2) is 0 Å². The summed E-state index contributed by atoms with van der Waals surface area (Å²) in [6.45, 7) is 0. The monoisotopic (exact) mass is 424 g/mol. The maximum atomic E-state index is 13.6. The summed E-state index contributed by atoms with van der Waals surface area (Å²) in [5.41, 5.74) is 10.0. The zero-order chi connectivity index (χ0) is 21.2. The van der Waals surface area contributed by atoms with E-state index in [-0.39, 0.29) is 11.9 Å². The molecule has 0 aromatic carbocycles. The molecule has 0 radical (unpaired) electrons. The van der Waals surface area contributed by atoms with E-state index in [1.54, 1.807) is 7.05 Å². The molecule has 6 aliphatic carbocycles. The second-order valence-corrected chi connectivity index (χ2v) is 11.8. The average molecular weight is 425 g/mol. The second kappa shape index (κ2) is 7.60. The van der Waals surface area contributed by atoms with E-state index in [0.29, 0.717) is 35.0 Å². The lowest BCUT2D eigenvalue weighted by Gasteiger charge is -2.49. The molecule has 1 spiro atoms. The largest absolute Gasteiger partial charge is 0.385 e. The molecule has 6 aliphatic rings. The SMILES string of the molecule is CN=C(C(=O)NC1C2CC3CC4CC1CC34C2)C1=C(NC2CCCCC2)CCC(N)C1. The van der Waals surface area contributed by atoms with Crippen molar-refractivity contribution in [3.8, 4) is 0 Å². The van der Waals surface area contributed by atoms with Gasteiger partial charge in [0.1, 0.15) is 5.71 Å². The second-order valence-electron chi connectivity index (χ2n) is 11.8. The van der Waals surface area contributed by atoms with Crippen LogP contribution in [-0.4, -0.2) is 36.8 Å². The molecule has 0 saturated heterocycles. The number of nitrogens with two attached hydrogens (primary N) is 1. The Kier molecular flexibility index (Phi) is 4.97. The van der Waals surface area contributed by atoms with Crippen LogP contribution < -0.4 is 16.4 Å². The average Bonchev–Trinajstić information content (AvgIpc) is 3.15. The van der Waals surface area contributed by atoms with Crippen LogP contribution in [0.5, 0.6) is 0 Å². The number of nitrogens with one attached hydrogen (secondary N) is 2. The zero-order valence-electron chi connectivity index (χ0n) is 19.2. The van der Waals surface area contributed by atoms with E-state index in [1.165, 1.54) is 69.9 Å². The minimum absolute atomic E-state index is 0.0551. The van der Waals surface area contributed by atoms with Crippen molar-refractivity contribution in [2.24, 2.45) is 39.8 Å². The first kappa shape index (κ1) is 20.3. The number of fused-ring (bicyclic) bond motifs is 2. The van der Waals surface area contributed by atoms with Gasteiger partial charge in [0.25, 0.3) is 5.91 Å². The molecule has 0 aromatic heterocycles. The van der Waals surface area contributed by atoms with E-state index in [1.807, 2.05) is 0 Å². The van der Waals surface area contributed by atoms with Crippen molar-refractivity contribution >= 4 is 11.6 Å². The van der Waals surface area contributed by atoms with Crippen LogP contribution in [0.1, 0.15) is 83.5 Å². The number of amides is 1. The smallest absolute Gasteiger partial charge is 0.269 e. The molecule has 1 amide bonds. The van der Waals surface area contributed by atoms with Gasteiger partial charge < -0.3 is 16.4 Å². The molecule has 5 atom stereocenters. The van der Waals surface area contributed by atoms with Crippen molar-refractivity contribution in [1.82, 2.24) is 10.6 Å². The van der Waals surface area contributed by atoms with Crippen molar-refractivity contribution in [1.29, 1.82) is 0 Å². The van der Waals surface area contributed by atoms with Crippen molar-refractivity contribution in [2.75, 3.05) is 7.05 Å². The molecule has 0 heterocycles. The van der Waals surface area contributed by atoms with E-state index in [2.05, 4.69) is 15.6 Å². The van der Waals surface area contributed by atoms with Crippen molar-refractivity contribution in [3.63, 3.8) is 0 Å². The van der Waals surface area contributed by atoms with Crippen LogP contribution in [0.2, 0.25) is 0 Å². The maximum Gasteiger partial charge on any atom is 0.269 e. The lowest BCUT2D eigenvalue weighted by molar-refractivity contribution is -0.116. The first-order valence-electron chi connectivity index (χ1n) is 13.1. The summed E-state index contributed by atoms with van der Waals surface area (Å²) >= 11 is 0. The number of aliphatic imine (C=N–C) groups is 1. The molecular weight excluding hydrogens is 384 g/mol. The quantitative estimate of drug-likeness (QED) is 0.589. The molecule has 6 rings (SSSR count). The summed E-state index contributed by atoms with van der Waals surface area (Å²) in [5.74, 6) is 3.36. The predicted molar refractivity (Wildman–Crippen MR) is 124 cm³/mol. The summed E-state index contributed by atoms with van der Waals surface area (Å²) in [7, 11) is 1.78. The predicted octanol–water partition coefficient (Wildman–Crippen LogP) is 3.69. The summed E-state index contributed by atoms with van der Waals surface area (Å²) in [5, 5.41) is 7.36. The van der Waals surface area contributed by atoms with Crippen LogP contribution in [0.15, 0.2) is 16.3 Å². The van der Waals surface area contributed by atoms with E-state index in [0.717, 1.165) is 36.7 Å². The van der Waals surface area contributed by atoms with Crippen LogP contribution in [-0.2, 0) is 4.79 Å². The third kappa shape index (κ3) is 3.20. The Morgan fingerprint density at radius 2 is 1.74 bits per heavy atom. The zero-order valence-corrected chi connectivity index (χ0v) is 19.2. The van der Waals surface area contributed by atoms with Gasteiger partial charge in [0.15, 0.2) is 0 Å². The summed E-state index contributed by atoms with van der Waals surface area (Å²) in [6, 6.07) is 1.04. The van der Waals surface area contributed by atoms with Crippen molar-refractivity contribution < 1.29 is 4.79 Å². The molecule has 0 aromatic rings. The number of allylic oxidation sites excluding steroid dienone is 1. The Morgan fingerprint density at radius 1 is 1.03 bits per heavy atom. The van der Waals surface area contributed by atoms with Gasteiger partial charge in [-0.15, -0.1) is 0 Å². The number of rotatable bonds is 5. The maximum absolute atomic E-state index is 13.6. The van der Waals surface area contributed by atoms with Gasteiger partial charge in [-0.3, -0.25) is 9.79 Å². The molecule has 5 nitrogen and oxygen atoms in total. The van der Waals surface area contributed by atoms with E-state index >= 15 is 0 Å². The summed E-state index contributed by atoms with van der Waals surface area (Å²) in [6.07, 6.45) is 16.0. The molecule has 31 heavy (non-hydrogen) atoms. The van der Waals surface area contributed by atoms with Crippen LogP contribution in [0.4, 0.5) is 0 Å². The van der Waals surface area contributed by atoms with Crippen molar-refractivity contribution in [3.05, 3.63) is 11.3 Å². The number of nitrogens with zero attached hydrogens (tertiary/aromatic N) is 1. The summed E-state index contributed by atoms with van der Waals surface area (Å²) in [4.78, 5) is 18.1. The Hall–Kier alpha value is -1.36. The number of carbonyl (C=O) groups is 1. The number of carbonyl (C=O) groups excluding carboxylic acids is 1. The normalized spacial score (nSPS) is 44.3. The molecular formula is C26H40N4O. The molecule has 5 fully saturated rings. The van der Waals surface area contributed by atoms with Crippen molar-refractivity contribution in [2.45, 2.75) is 102 Å². The Balaban J connectivity index is 1.21. The van der Waals surface area contributed by atoms with Gasteiger partial charge in [-0.2, -0.15) is 0 Å². The van der Waals surface area contributed by atoms with Crippen LogP contribution in [0.25, 0.3) is 0 Å². The Bertz CT molecular complexity index is 786. The highest BCUT2D eigenvalue weighted by Crippen LogP contribution is 2.75. The van der Waals surface area contributed by atoms with E-state index in [9.17, 15) is 4.79 Å². The fraction of sp³-hybridized carbons (Fsp3) is 0.846. The van der Waals surface area contributed by atoms with Gasteiger partial charge >= 0.3 is 0 Å². The molecule has 5 saturated carbocycles. The first-order valence-corrected chi connectivity index (χ1v) is 13.1. The molecule has 5 unspecified atom stereocenters. The highest BCUT2D eigenvalue weighted by atomic mass is 16.2. The summed E-state index contributed by atoms with van der Waals surface area (Å²) < 4.78 is 0. The van der Waals surface area contributed by atoms with Crippen LogP contribution in [0, 0.1) is 29.1 Å². The lowest BCUT2D eigenvalue weighted by atomic mass is 9.56. The number of hydrogen-bond acceptors (Lipinski definition) is 4. The molecule has 170 valence electrons. The van der Waals surface area contributed by atoms with Crippen LogP contribution >= 0.6 is 0 Å². The van der Waals surface area contributed by atoms with Gasteiger partial charge in [0.05, 0.1) is 0 Å². The standard InChI is InChI=1S/C26H40N4O/c1-28-24(21-12-19(27)7-8-22(21)29-20-5-3-2-4-6-20)25(31)30-23-15-9-17-11-18-10-16(23)14-26(17,18)13-15/h15-20,23,29H,2-14,27H2,1H3,(H,30,31). The van der Waals surface area contributed by atoms with Gasteiger partial charge in [-0.05, 0) is 93.3 Å². The van der Waals surface area contributed by atoms with Gasteiger partial charge in [0, 0.05) is 36.4 Å². The topological polar surface area (TPSA) is 79.5 Å². The molecule has 5 heteroatoms. The highest BCUT2D eigenvalue weighted by Gasteiger charge is 2.69. The van der Waals surface area contributed by atoms with Gasteiger partial charge in [-0.1, -0.05) is 19.3 Å². The van der Waals surface area contributed by atoms with Crippen LogP contribution in [0.3, 0.4) is 0 Å².